The van der Waals surface area contributed by atoms with Crippen molar-refractivity contribution in [1.82, 2.24) is 0 Å². The topological polar surface area (TPSA) is 44.8 Å². The zero-order valence-electron chi connectivity index (χ0n) is 12.7. The van der Waals surface area contributed by atoms with E-state index < -0.39 is 0 Å². The van der Waals surface area contributed by atoms with Crippen LogP contribution >= 0.6 is 15.9 Å². The number of aryl methyl sites for hydroxylation is 1. The molecule has 0 radical (unpaired) electrons. The van der Waals surface area contributed by atoms with E-state index in [-0.39, 0.29) is 12.6 Å². The highest BCUT2D eigenvalue weighted by Crippen LogP contribution is 2.30. The van der Waals surface area contributed by atoms with Crippen LogP contribution < -0.4 is 9.47 Å². The van der Waals surface area contributed by atoms with E-state index in [1.54, 1.807) is 32.4 Å². The van der Waals surface area contributed by atoms with Gasteiger partial charge in [-0.3, -0.25) is 0 Å². The molecular formula is C17H17BrO4. The summed E-state index contributed by atoms with van der Waals surface area (Å²) < 4.78 is 16.6. The SMILES string of the molecule is COc1cc(C)c(COC(=O)c2ccccc2Br)cc1OC. The Labute approximate surface area is 138 Å². The molecule has 4 nitrogen and oxygen atoms in total. The van der Waals surface area contributed by atoms with Gasteiger partial charge >= 0.3 is 5.97 Å². The number of esters is 1. The number of hydrogen-bond donors (Lipinski definition) is 0. The van der Waals surface area contributed by atoms with Crippen LogP contribution in [0.1, 0.15) is 21.5 Å². The number of carbonyl (C=O) groups is 1. The fourth-order valence-electron chi connectivity index (χ4n) is 2.03. The van der Waals surface area contributed by atoms with Crippen molar-refractivity contribution in [2.45, 2.75) is 13.5 Å². The summed E-state index contributed by atoms with van der Waals surface area (Å²) in [7, 11) is 3.16. The molecule has 0 saturated heterocycles. The van der Waals surface area contributed by atoms with E-state index >= 15 is 0 Å². The van der Waals surface area contributed by atoms with E-state index in [1.807, 2.05) is 25.1 Å². The number of hydrogen-bond acceptors (Lipinski definition) is 4. The molecule has 22 heavy (non-hydrogen) atoms. The zero-order valence-corrected chi connectivity index (χ0v) is 14.3. The summed E-state index contributed by atoms with van der Waals surface area (Å²) in [6.45, 7) is 2.11. The van der Waals surface area contributed by atoms with Crippen molar-refractivity contribution in [2.24, 2.45) is 0 Å². The van der Waals surface area contributed by atoms with Gasteiger partial charge in [-0.15, -0.1) is 0 Å². The average Bonchev–Trinajstić information content (AvgIpc) is 2.53. The number of ether oxygens (including phenoxy) is 3. The molecule has 2 rings (SSSR count). The van der Waals surface area contributed by atoms with Crippen molar-refractivity contribution < 1.29 is 19.0 Å². The molecule has 116 valence electrons. The van der Waals surface area contributed by atoms with Crippen LogP contribution in [0.25, 0.3) is 0 Å². The Hall–Kier alpha value is -2.01. The summed E-state index contributed by atoms with van der Waals surface area (Å²) in [4.78, 5) is 12.1. The molecule has 0 N–H and O–H groups in total. The van der Waals surface area contributed by atoms with Gasteiger partial charge in [-0.05, 0) is 58.2 Å². The van der Waals surface area contributed by atoms with Crippen molar-refractivity contribution in [3.05, 3.63) is 57.6 Å². The Balaban J connectivity index is 2.15. The third kappa shape index (κ3) is 3.60. The standard InChI is InChI=1S/C17H17BrO4/c1-11-8-15(20-2)16(21-3)9-12(11)10-22-17(19)13-6-4-5-7-14(13)18/h4-9H,10H2,1-3H3. The second kappa shape index (κ2) is 7.31. The molecule has 0 fully saturated rings. The molecule has 2 aromatic rings. The summed E-state index contributed by atoms with van der Waals surface area (Å²) in [6.07, 6.45) is 0. The van der Waals surface area contributed by atoms with Crippen LogP contribution in [-0.2, 0) is 11.3 Å². The predicted octanol–water partition coefficient (Wildman–Crippen LogP) is 4.13. The zero-order chi connectivity index (χ0) is 16.1. The normalized spacial score (nSPS) is 10.2. The first-order valence-corrected chi connectivity index (χ1v) is 7.49. The quantitative estimate of drug-likeness (QED) is 0.748. The highest BCUT2D eigenvalue weighted by Gasteiger charge is 2.13. The van der Waals surface area contributed by atoms with Crippen molar-refractivity contribution >= 4 is 21.9 Å². The van der Waals surface area contributed by atoms with Gasteiger partial charge in [0.25, 0.3) is 0 Å². The van der Waals surface area contributed by atoms with Crippen molar-refractivity contribution in [2.75, 3.05) is 14.2 Å². The van der Waals surface area contributed by atoms with Gasteiger partial charge in [0.2, 0.25) is 0 Å². The lowest BCUT2D eigenvalue weighted by Crippen LogP contribution is -2.07. The van der Waals surface area contributed by atoms with Crippen LogP contribution in [-0.4, -0.2) is 20.2 Å². The molecule has 0 unspecified atom stereocenters. The second-order valence-electron chi connectivity index (χ2n) is 4.69. The number of rotatable bonds is 5. The molecule has 0 aliphatic rings. The van der Waals surface area contributed by atoms with Gasteiger partial charge in [0.1, 0.15) is 6.61 Å². The van der Waals surface area contributed by atoms with Crippen LogP contribution in [0.3, 0.4) is 0 Å². The van der Waals surface area contributed by atoms with Gasteiger partial charge in [-0.1, -0.05) is 12.1 Å². The number of benzene rings is 2. The average molecular weight is 365 g/mol. The molecule has 0 aliphatic carbocycles. The minimum atomic E-state index is -0.373. The molecule has 0 aromatic heterocycles. The fraction of sp³-hybridized carbons (Fsp3) is 0.235. The van der Waals surface area contributed by atoms with E-state index in [0.717, 1.165) is 11.1 Å². The minimum Gasteiger partial charge on any atom is -0.493 e. The smallest absolute Gasteiger partial charge is 0.339 e. The van der Waals surface area contributed by atoms with E-state index in [1.165, 1.54) is 0 Å². The molecule has 0 bridgehead atoms. The van der Waals surface area contributed by atoms with Gasteiger partial charge in [0, 0.05) is 4.47 Å². The van der Waals surface area contributed by atoms with E-state index in [9.17, 15) is 4.79 Å². The molecule has 2 aromatic carbocycles. The summed E-state index contributed by atoms with van der Waals surface area (Å²) in [5.41, 5.74) is 2.34. The van der Waals surface area contributed by atoms with Crippen LogP contribution in [0.2, 0.25) is 0 Å². The van der Waals surface area contributed by atoms with Crippen LogP contribution in [0.15, 0.2) is 40.9 Å². The number of carbonyl (C=O) groups excluding carboxylic acids is 1. The molecule has 0 saturated carbocycles. The van der Waals surface area contributed by atoms with Gasteiger partial charge in [-0.2, -0.15) is 0 Å². The molecule has 0 aliphatic heterocycles. The highest BCUT2D eigenvalue weighted by molar-refractivity contribution is 9.10. The van der Waals surface area contributed by atoms with Crippen LogP contribution in [0, 0.1) is 6.92 Å². The van der Waals surface area contributed by atoms with Crippen LogP contribution in [0.5, 0.6) is 11.5 Å². The van der Waals surface area contributed by atoms with E-state index in [4.69, 9.17) is 14.2 Å². The number of halogens is 1. The maximum absolute atomic E-state index is 12.1. The first-order chi connectivity index (χ1) is 10.6. The maximum Gasteiger partial charge on any atom is 0.339 e. The Kier molecular flexibility index (Phi) is 5.44. The largest absolute Gasteiger partial charge is 0.493 e. The minimum absolute atomic E-state index is 0.173. The fourth-order valence-corrected chi connectivity index (χ4v) is 2.47. The lowest BCUT2D eigenvalue weighted by molar-refractivity contribution is 0.0470. The maximum atomic E-state index is 12.1. The first kappa shape index (κ1) is 16.4. The Morgan fingerprint density at radius 1 is 1.09 bits per heavy atom. The van der Waals surface area contributed by atoms with Gasteiger partial charge in [0.15, 0.2) is 11.5 Å². The third-order valence-electron chi connectivity index (χ3n) is 3.29. The lowest BCUT2D eigenvalue weighted by atomic mass is 10.1. The molecule has 0 amide bonds. The monoisotopic (exact) mass is 364 g/mol. The summed E-state index contributed by atoms with van der Waals surface area (Å²) >= 11 is 3.34. The van der Waals surface area contributed by atoms with Gasteiger partial charge in [-0.25, -0.2) is 4.79 Å². The van der Waals surface area contributed by atoms with Crippen molar-refractivity contribution in [3.63, 3.8) is 0 Å². The summed E-state index contributed by atoms with van der Waals surface area (Å²) in [5.74, 6) is 0.891. The van der Waals surface area contributed by atoms with Crippen molar-refractivity contribution in [1.29, 1.82) is 0 Å². The van der Waals surface area contributed by atoms with E-state index in [0.29, 0.717) is 21.5 Å². The molecule has 5 heteroatoms. The summed E-state index contributed by atoms with van der Waals surface area (Å²) in [5, 5.41) is 0. The van der Waals surface area contributed by atoms with Crippen LogP contribution in [0.4, 0.5) is 0 Å². The Bertz CT molecular complexity index is 682. The first-order valence-electron chi connectivity index (χ1n) is 6.70. The molecular weight excluding hydrogens is 348 g/mol. The number of methoxy groups -OCH3 is 2. The summed E-state index contributed by atoms with van der Waals surface area (Å²) in [6, 6.07) is 10.8. The van der Waals surface area contributed by atoms with Gasteiger partial charge in [0.05, 0.1) is 19.8 Å². The molecule has 0 spiro atoms. The molecule has 0 heterocycles. The van der Waals surface area contributed by atoms with Gasteiger partial charge < -0.3 is 14.2 Å². The second-order valence-corrected chi connectivity index (χ2v) is 5.54. The lowest BCUT2D eigenvalue weighted by Gasteiger charge is -2.13. The van der Waals surface area contributed by atoms with Crippen molar-refractivity contribution in [3.8, 4) is 11.5 Å². The highest BCUT2D eigenvalue weighted by atomic mass is 79.9. The molecule has 0 atom stereocenters. The Morgan fingerprint density at radius 3 is 2.36 bits per heavy atom. The third-order valence-corrected chi connectivity index (χ3v) is 3.99. The Morgan fingerprint density at radius 2 is 1.73 bits per heavy atom. The predicted molar refractivity (Wildman–Crippen MR) is 87.5 cm³/mol. The van der Waals surface area contributed by atoms with E-state index in [2.05, 4.69) is 15.9 Å².